The zero-order valence-electron chi connectivity index (χ0n) is 16.2. The van der Waals surface area contributed by atoms with Gasteiger partial charge in [-0.25, -0.2) is 14.1 Å². The van der Waals surface area contributed by atoms with Gasteiger partial charge in [-0.3, -0.25) is 5.10 Å². The second-order valence-corrected chi connectivity index (χ2v) is 8.25. The molecular weight excluding hydrogens is 413 g/mol. The first kappa shape index (κ1) is 18.0. The van der Waals surface area contributed by atoms with Gasteiger partial charge in [0.1, 0.15) is 28.0 Å². The van der Waals surface area contributed by atoms with Gasteiger partial charge in [0.05, 0.1) is 24.7 Å². The number of para-hydroxylation sites is 1. The molecule has 5 aromatic rings. The minimum Gasteiger partial charge on any atom is -0.492 e. The van der Waals surface area contributed by atoms with Crippen LogP contribution in [0.15, 0.2) is 67.1 Å². The second kappa shape index (κ2) is 7.17. The maximum Gasteiger partial charge on any atom is 0.148 e. The molecule has 1 aliphatic heterocycles. The molecule has 0 amide bonds. The Bertz CT molecular complexity index is 1390. The van der Waals surface area contributed by atoms with E-state index in [-0.39, 0.29) is 5.82 Å². The first-order valence-corrected chi connectivity index (χ1v) is 10.6. The topological polar surface area (TPSA) is 68.6 Å². The predicted molar refractivity (Wildman–Crippen MR) is 117 cm³/mol. The summed E-state index contributed by atoms with van der Waals surface area (Å²) >= 11 is 1.60. The summed E-state index contributed by atoms with van der Waals surface area (Å²) in [6.07, 6.45) is 6.07. The fourth-order valence-electron chi connectivity index (χ4n) is 3.80. The molecule has 6 rings (SSSR count). The summed E-state index contributed by atoms with van der Waals surface area (Å²) in [6.45, 7) is 0.572. The number of hydrogen-bond acceptors (Lipinski definition) is 5. The highest BCUT2D eigenvalue weighted by molar-refractivity contribution is 7.15. The number of rotatable bonds is 3. The van der Waals surface area contributed by atoms with Gasteiger partial charge in [0, 0.05) is 28.6 Å². The average molecular weight is 429 g/mol. The molecule has 0 spiro atoms. The Kier molecular flexibility index (Phi) is 4.17. The van der Waals surface area contributed by atoms with Gasteiger partial charge in [-0.05, 0) is 35.9 Å². The Morgan fingerprint density at radius 3 is 2.90 bits per heavy atom. The molecule has 0 saturated carbocycles. The maximum atomic E-state index is 14.4. The van der Waals surface area contributed by atoms with Crippen molar-refractivity contribution in [2.75, 3.05) is 6.61 Å². The molecule has 4 heterocycles. The number of H-pyrrole nitrogens is 1. The Morgan fingerprint density at radius 1 is 1.10 bits per heavy atom. The van der Waals surface area contributed by atoms with Gasteiger partial charge in [-0.1, -0.05) is 18.2 Å². The van der Waals surface area contributed by atoms with Crippen LogP contribution in [-0.4, -0.2) is 31.6 Å². The van der Waals surface area contributed by atoms with E-state index in [1.54, 1.807) is 46.6 Å². The van der Waals surface area contributed by atoms with Gasteiger partial charge < -0.3 is 4.74 Å². The number of ether oxygens (including phenoxy) is 1. The van der Waals surface area contributed by atoms with Crippen molar-refractivity contribution in [2.45, 2.75) is 6.42 Å². The number of nitrogens with zero attached hydrogens (tertiary/aromatic N) is 4. The normalized spacial score (nSPS) is 12.7. The molecule has 0 atom stereocenters. The fraction of sp³-hybridized carbons (Fsp3) is 0.0870. The van der Waals surface area contributed by atoms with E-state index in [0.29, 0.717) is 12.3 Å². The molecule has 1 N–H and O–H groups in total. The molecule has 0 bridgehead atoms. The third-order valence-electron chi connectivity index (χ3n) is 5.29. The molecule has 0 unspecified atom stereocenters. The zero-order valence-corrected chi connectivity index (χ0v) is 17.1. The highest BCUT2D eigenvalue weighted by Gasteiger charge is 2.23. The highest BCUT2D eigenvalue weighted by atomic mass is 32.1. The Morgan fingerprint density at radius 2 is 2.03 bits per heavy atom. The number of hydrogen-bond donors (Lipinski definition) is 1. The Hall–Kier alpha value is -3.78. The lowest BCUT2D eigenvalue weighted by Crippen LogP contribution is -2.01. The number of benzene rings is 2. The van der Waals surface area contributed by atoms with E-state index in [9.17, 15) is 4.39 Å². The quantitative estimate of drug-likeness (QED) is 0.432. The van der Waals surface area contributed by atoms with Crippen molar-refractivity contribution in [1.29, 1.82) is 0 Å². The minimum atomic E-state index is -0.323. The van der Waals surface area contributed by atoms with E-state index in [1.165, 1.54) is 6.07 Å². The first-order valence-electron chi connectivity index (χ1n) is 9.83. The summed E-state index contributed by atoms with van der Waals surface area (Å²) in [5, 5.41) is 12.0. The van der Waals surface area contributed by atoms with Crippen LogP contribution in [0.2, 0.25) is 0 Å². The first-order chi connectivity index (χ1) is 15.3. The number of thiazole rings is 1. The second-order valence-electron chi connectivity index (χ2n) is 7.17. The van der Waals surface area contributed by atoms with Gasteiger partial charge in [-0.15, -0.1) is 11.3 Å². The van der Waals surface area contributed by atoms with Crippen LogP contribution in [0.25, 0.3) is 38.8 Å². The van der Waals surface area contributed by atoms with Crippen molar-refractivity contribution in [2.24, 2.45) is 0 Å². The van der Waals surface area contributed by atoms with Gasteiger partial charge in [0.25, 0.3) is 0 Å². The van der Waals surface area contributed by atoms with Crippen LogP contribution in [-0.2, 0) is 6.42 Å². The van der Waals surface area contributed by atoms with Crippen molar-refractivity contribution in [3.8, 4) is 44.5 Å². The molecule has 6 nitrogen and oxygen atoms in total. The van der Waals surface area contributed by atoms with Crippen molar-refractivity contribution >= 4 is 11.3 Å². The predicted octanol–water partition coefficient (Wildman–Crippen LogP) is 5.13. The summed E-state index contributed by atoms with van der Waals surface area (Å²) in [6, 6.07) is 14.6. The van der Waals surface area contributed by atoms with Crippen molar-refractivity contribution in [3.05, 3.63) is 77.8 Å². The van der Waals surface area contributed by atoms with E-state index in [1.807, 2.05) is 30.5 Å². The average Bonchev–Trinajstić information content (AvgIpc) is 3.53. The standard InChI is InChI=1S/C23H16FN5OS/c24-17-3-1-2-4-18(17)29-19(7-9-27-29)23-28-22-16-6-5-14(15-12-25-26-13-15)11-20(16)30-10-8-21(22)31-23/h1-7,9,11-13H,8,10H2,(H,25,26). The van der Waals surface area contributed by atoms with Crippen LogP contribution in [0, 0.1) is 5.82 Å². The van der Waals surface area contributed by atoms with E-state index in [4.69, 9.17) is 9.72 Å². The van der Waals surface area contributed by atoms with Crippen LogP contribution in [0.3, 0.4) is 0 Å². The summed E-state index contributed by atoms with van der Waals surface area (Å²) in [5.41, 5.74) is 5.07. The summed E-state index contributed by atoms with van der Waals surface area (Å²) in [4.78, 5) is 6.08. The number of fused-ring (bicyclic) bond motifs is 3. The van der Waals surface area contributed by atoms with Crippen molar-refractivity contribution < 1.29 is 9.13 Å². The monoisotopic (exact) mass is 429 g/mol. The lowest BCUT2D eigenvalue weighted by molar-refractivity contribution is 0.327. The van der Waals surface area contributed by atoms with Gasteiger partial charge in [0.15, 0.2) is 0 Å². The van der Waals surface area contributed by atoms with Gasteiger partial charge in [0.2, 0.25) is 0 Å². The number of halogens is 1. The fourth-order valence-corrected chi connectivity index (χ4v) is 4.87. The molecule has 2 aromatic carbocycles. The van der Waals surface area contributed by atoms with E-state index in [0.717, 1.165) is 50.1 Å². The lowest BCUT2D eigenvalue weighted by Gasteiger charge is -2.09. The van der Waals surface area contributed by atoms with Crippen molar-refractivity contribution in [1.82, 2.24) is 25.0 Å². The van der Waals surface area contributed by atoms with Crippen LogP contribution in [0.4, 0.5) is 4.39 Å². The molecule has 0 radical (unpaired) electrons. The highest BCUT2D eigenvalue weighted by Crippen LogP contribution is 2.42. The molecule has 0 aliphatic carbocycles. The summed E-state index contributed by atoms with van der Waals surface area (Å²) in [7, 11) is 0. The summed E-state index contributed by atoms with van der Waals surface area (Å²) < 4.78 is 22.0. The molecule has 1 aliphatic rings. The number of aromatic nitrogens is 5. The molecule has 31 heavy (non-hydrogen) atoms. The molecule has 152 valence electrons. The van der Waals surface area contributed by atoms with E-state index >= 15 is 0 Å². The molecule has 3 aromatic heterocycles. The molecular formula is C23H16FN5OS. The third kappa shape index (κ3) is 3.03. The zero-order chi connectivity index (χ0) is 20.8. The largest absolute Gasteiger partial charge is 0.492 e. The SMILES string of the molecule is Fc1ccccc1-n1nccc1-c1nc2c(s1)CCOc1cc(-c3cn[nH]c3)ccc1-2. The van der Waals surface area contributed by atoms with Crippen LogP contribution in [0.1, 0.15) is 4.88 Å². The molecule has 0 fully saturated rings. The van der Waals surface area contributed by atoms with E-state index in [2.05, 4.69) is 15.3 Å². The number of aromatic amines is 1. The van der Waals surface area contributed by atoms with Crippen LogP contribution >= 0.6 is 11.3 Å². The molecule has 8 heteroatoms. The summed E-state index contributed by atoms with van der Waals surface area (Å²) in [5.74, 6) is 0.480. The van der Waals surface area contributed by atoms with Crippen molar-refractivity contribution in [3.63, 3.8) is 0 Å². The van der Waals surface area contributed by atoms with E-state index < -0.39 is 0 Å². The maximum absolute atomic E-state index is 14.4. The lowest BCUT2D eigenvalue weighted by atomic mass is 10.0. The third-order valence-corrected chi connectivity index (χ3v) is 6.43. The molecule has 0 saturated heterocycles. The smallest absolute Gasteiger partial charge is 0.148 e. The van der Waals surface area contributed by atoms with Crippen LogP contribution < -0.4 is 4.74 Å². The Balaban J connectivity index is 1.45. The minimum absolute atomic E-state index is 0.323. The van der Waals surface area contributed by atoms with Gasteiger partial charge >= 0.3 is 0 Å². The number of nitrogens with one attached hydrogen (secondary N) is 1. The Labute approximate surface area is 181 Å². The van der Waals surface area contributed by atoms with Gasteiger partial charge in [-0.2, -0.15) is 10.2 Å². The van der Waals surface area contributed by atoms with Crippen LogP contribution in [0.5, 0.6) is 5.75 Å².